The number of nitrogens with one attached hydrogen (secondary N) is 1. The minimum atomic E-state index is -4.35. The molecule has 3 rings (SSSR count). The Morgan fingerprint density at radius 2 is 1.74 bits per heavy atom. The van der Waals surface area contributed by atoms with Crippen LogP contribution in [-0.4, -0.2) is 53.1 Å². The molecule has 0 saturated carbocycles. The Hall–Kier alpha value is -3.15. The minimum Gasteiger partial charge on any atom is -0.506 e. The van der Waals surface area contributed by atoms with E-state index in [2.05, 4.69) is 14.8 Å². The molecule has 2 amide bonds. The van der Waals surface area contributed by atoms with Crippen LogP contribution in [0.4, 0.5) is 10.5 Å². The first-order valence-corrected chi connectivity index (χ1v) is 13.8. The van der Waals surface area contributed by atoms with E-state index in [-0.39, 0.29) is 85.8 Å². The molecule has 0 fully saturated rings. The third-order valence-corrected chi connectivity index (χ3v) is 7.00. The van der Waals surface area contributed by atoms with Crippen LogP contribution in [0, 0.1) is 18.3 Å². The molecule has 0 radical (unpaired) electrons. The molecule has 0 aliphatic carbocycles. The van der Waals surface area contributed by atoms with E-state index in [4.69, 9.17) is 32.7 Å². The number of ketones is 1. The van der Waals surface area contributed by atoms with Gasteiger partial charge >= 0.3 is 29.6 Å². The maximum Gasteiger partial charge on any atom is 1.00 e. The number of amides is 2. The number of halogens is 2. The Balaban J connectivity index is 0.00000616. The predicted octanol–water partition coefficient (Wildman–Crippen LogP) is 2.27. The number of carbonyl (C=O) groups is 3. The van der Waals surface area contributed by atoms with Crippen molar-refractivity contribution >= 4 is 56.7 Å². The van der Waals surface area contributed by atoms with Crippen LogP contribution in [0.2, 0.25) is 10.0 Å². The number of nitrogens with zero attached hydrogens (tertiary/aromatic N) is 2. The van der Waals surface area contributed by atoms with Crippen molar-refractivity contribution in [1.29, 1.82) is 5.26 Å². The number of carbonyl (C=O) groups excluding carboxylic acids is 3. The van der Waals surface area contributed by atoms with Gasteiger partial charge in [-0.15, -0.1) is 0 Å². The van der Waals surface area contributed by atoms with E-state index in [0.717, 1.165) is 0 Å². The van der Waals surface area contributed by atoms with Gasteiger partial charge in [0, 0.05) is 28.4 Å². The molecule has 3 aromatic carbocycles. The van der Waals surface area contributed by atoms with Crippen LogP contribution in [0.5, 0.6) is 5.75 Å². The summed E-state index contributed by atoms with van der Waals surface area (Å²) in [6.45, 7) is 0.958. The third kappa shape index (κ3) is 9.71. The summed E-state index contributed by atoms with van der Waals surface area (Å²) in [7, 11) is -2.96. The largest absolute Gasteiger partial charge is 1.00 e. The number of hydrogen-bond acceptors (Lipinski definition) is 9. The van der Waals surface area contributed by atoms with Crippen molar-refractivity contribution in [3.05, 3.63) is 91.6 Å². The summed E-state index contributed by atoms with van der Waals surface area (Å²) < 4.78 is 42.9. The number of aryl methyl sites for hydroxylation is 1. The van der Waals surface area contributed by atoms with Crippen molar-refractivity contribution < 1.29 is 66.6 Å². The monoisotopic (exact) mass is 641 g/mol. The van der Waals surface area contributed by atoms with E-state index in [1.54, 1.807) is 6.92 Å². The van der Waals surface area contributed by atoms with Crippen LogP contribution in [0.1, 0.15) is 27.0 Å². The van der Waals surface area contributed by atoms with Gasteiger partial charge in [-0.3, -0.25) is 14.4 Å². The number of methoxy groups -OCH3 is 1. The van der Waals surface area contributed by atoms with Crippen LogP contribution in [-0.2, 0) is 24.3 Å². The summed E-state index contributed by atoms with van der Waals surface area (Å²) in [5.74, 6) is -1.08. The van der Waals surface area contributed by atoms with Crippen molar-refractivity contribution in [3.8, 4) is 11.8 Å². The van der Waals surface area contributed by atoms with Gasteiger partial charge in [0.2, 0.25) is 6.09 Å². The molecule has 0 unspecified atom stereocenters. The number of ether oxygens (including phenoxy) is 3. The number of nitriles is 1. The van der Waals surface area contributed by atoms with Crippen LogP contribution in [0.25, 0.3) is 4.72 Å². The SMILES string of the molecule is COCCOC(=O)[N-]S(=O)(=O)c1ccc(NC(=O)COc2ccc(Cl)cc2C(=O)c2cc(Cl)cc(C#N)c2)c(C)c1.[Na+]. The first-order valence-electron chi connectivity index (χ1n) is 11.7. The second-order valence-electron chi connectivity index (χ2n) is 8.30. The van der Waals surface area contributed by atoms with Gasteiger partial charge in [0.25, 0.3) is 5.91 Å². The maximum atomic E-state index is 13.2. The van der Waals surface area contributed by atoms with Crippen molar-refractivity contribution in [2.24, 2.45) is 0 Å². The second kappa shape index (κ2) is 15.9. The number of sulfonamides is 1. The van der Waals surface area contributed by atoms with E-state index in [1.165, 1.54) is 61.7 Å². The molecule has 0 heterocycles. The predicted molar refractivity (Wildman–Crippen MR) is 150 cm³/mol. The molecular weight excluding hydrogens is 620 g/mol. The second-order valence-corrected chi connectivity index (χ2v) is 10.8. The van der Waals surface area contributed by atoms with Gasteiger partial charge in [-0.2, -0.15) is 5.26 Å². The van der Waals surface area contributed by atoms with Gasteiger partial charge in [0.15, 0.2) is 12.4 Å². The molecule has 15 heteroatoms. The molecule has 0 spiro atoms. The van der Waals surface area contributed by atoms with E-state index in [9.17, 15) is 28.1 Å². The van der Waals surface area contributed by atoms with E-state index >= 15 is 0 Å². The molecule has 0 aliphatic heterocycles. The van der Waals surface area contributed by atoms with Gasteiger partial charge < -0.3 is 24.2 Å². The van der Waals surface area contributed by atoms with Crippen molar-refractivity contribution in [2.75, 3.05) is 32.2 Å². The Labute approximate surface area is 274 Å². The fraction of sp³-hybridized carbons (Fsp3) is 0.185. The zero-order valence-corrected chi connectivity index (χ0v) is 27.0. The van der Waals surface area contributed by atoms with Gasteiger partial charge in [-0.05, 0) is 67.1 Å². The molecule has 0 atom stereocenters. The fourth-order valence-corrected chi connectivity index (χ4v) is 4.73. The van der Waals surface area contributed by atoms with Crippen LogP contribution in [0.15, 0.2) is 59.5 Å². The molecule has 11 nitrogen and oxygen atoms in total. The molecular formula is C27H22Cl2N3NaO8S. The average Bonchev–Trinajstić information content (AvgIpc) is 2.92. The van der Waals surface area contributed by atoms with Crippen molar-refractivity contribution in [1.82, 2.24) is 0 Å². The van der Waals surface area contributed by atoms with E-state index in [1.807, 2.05) is 6.07 Å². The fourth-order valence-electron chi connectivity index (χ4n) is 3.40. The van der Waals surface area contributed by atoms with Crippen LogP contribution in [0.3, 0.4) is 0 Å². The van der Waals surface area contributed by atoms with Gasteiger partial charge in [0.1, 0.15) is 22.4 Å². The smallest absolute Gasteiger partial charge is 0.506 e. The summed E-state index contributed by atoms with van der Waals surface area (Å²) in [5, 5.41) is 12.2. The summed E-state index contributed by atoms with van der Waals surface area (Å²) in [4.78, 5) is 37.2. The minimum absolute atomic E-state index is 0. The summed E-state index contributed by atoms with van der Waals surface area (Å²) >= 11 is 12.1. The van der Waals surface area contributed by atoms with Crippen LogP contribution < -0.4 is 39.6 Å². The van der Waals surface area contributed by atoms with Gasteiger partial charge in [-0.1, -0.05) is 23.2 Å². The molecule has 0 bridgehead atoms. The van der Waals surface area contributed by atoms with E-state index < -0.39 is 34.4 Å². The normalized spacial score (nSPS) is 10.5. The first kappa shape index (κ1) is 35.0. The van der Waals surface area contributed by atoms with Crippen molar-refractivity contribution in [3.63, 3.8) is 0 Å². The third-order valence-electron chi connectivity index (χ3n) is 5.31. The molecule has 0 saturated heterocycles. The molecule has 3 aromatic rings. The van der Waals surface area contributed by atoms with Gasteiger partial charge in [0.05, 0.1) is 28.7 Å². The van der Waals surface area contributed by atoms with Gasteiger partial charge in [-0.25, -0.2) is 8.42 Å². The maximum absolute atomic E-state index is 13.2. The Morgan fingerprint density at radius 3 is 2.40 bits per heavy atom. The Bertz CT molecular complexity index is 1640. The molecule has 0 aromatic heterocycles. The molecule has 1 N–H and O–H groups in total. The number of anilines is 1. The molecule has 0 aliphatic rings. The zero-order chi connectivity index (χ0) is 30.2. The first-order chi connectivity index (χ1) is 19.4. The molecule has 42 heavy (non-hydrogen) atoms. The summed E-state index contributed by atoms with van der Waals surface area (Å²) in [5.41, 5.74) is 1.00. The Morgan fingerprint density at radius 1 is 1.00 bits per heavy atom. The molecule has 214 valence electrons. The number of benzene rings is 3. The quantitative estimate of drug-likeness (QED) is 0.188. The van der Waals surface area contributed by atoms with E-state index in [0.29, 0.717) is 5.56 Å². The standard InChI is InChI=1S/C27H23Cl2N3O8S.Na/c1-16-9-21(41(36,37)32-27(35)39-8-7-38-2)4-5-23(16)31-25(33)15-40-24-6-3-19(28)13-22(24)26(34)18-10-17(14-30)11-20(29)12-18;/h3-6,9-13H,7-8,15H2,1-2H3,(H2,31,32,33,35);/q;+1/p-1. The van der Waals surface area contributed by atoms with Crippen molar-refractivity contribution in [2.45, 2.75) is 11.8 Å². The van der Waals surface area contributed by atoms with Crippen LogP contribution >= 0.6 is 23.2 Å². The number of hydrogen-bond donors (Lipinski definition) is 1. The summed E-state index contributed by atoms with van der Waals surface area (Å²) in [6.07, 6.45) is -1.28. The zero-order valence-electron chi connectivity index (χ0n) is 22.6. The summed E-state index contributed by atoms with van der Waals surface area (Å²) in [6, 6.07) is 14.1. The topological polar surface area (TPSA) is 163 Å². The average molecular weight is 642 g/mol. The number of rotatable bonds is 11. The Kier molecular flexibility index (Phi) is 13.3.